The van der Waals surface area contributed by atoms with E-state index in [2.05, 4.69) is 27.3 Å². The summed E-state index contributed by atoms with van der Waals surface area (Å²) in [6.45, 7) is 7.15. The van der Waals surface area contributed by atoms with Crippen LogP contribution in [0.1, 0.15) is 37.8 Å². The topological polar surface area (TPSA) is 107 Å². The molecular formula is C31H36N4O5. The second kappa shape index (κ2) is 10.6. The number of fused-ring (bicyclic) bond motifs is 2. The number of carbonyl (C=O) groups is 1. The van der Waals surface area contributed by atoms with E-state index in [9.17, 15) is 14.7 Å². The number of aromatic nitrogens is 1. The van der Waals surface area contributed by atoms with E-state index >= 15 is 0 Å². The molecule has 210 valence electrons. The summed E-state index contributed by atoms with van der Waals surface area (Å²) in [5.41, 5.74) is 4.21. The van der Waals surface area contributed by atoms with Gasteiger partial charge in [0.15, 0.2) is 0 Å². The summed E-state index contributed by atoms with van der Waals surface area (Å²) >= 11 is 0. The smallest absolute Gasteiger partial charge is 0.253 e. The second-order valence-corrected chi connectivity index (χ2v) is 11.4. The molecule has 3 N–H and O–H groups in total. The quantitative estimate of drug-likeness (QED) is 0.351. The normalized spacial score (nSPS) is 17.6. The Hall–Kier alpha value is -3.82. The average molecular weight is 545 g/mol. The van der Waals surface area contributed by atoms with Crippen LogP contribution in [0.4, 0.5) is 11.4 Å². The van der Waals surface area contributed by atoms with Crippen molar-refractivity contribution in [2.24, 2.45) is 0 Å². The van der Waals surface area contributed by atoms with Gasteiger partial charge in [0, 0.05) is 67.2 Å². The summed E-state index contributed by atoms with van der Waals surface area (Å²) in [4.78, 5) is 31.9. The average Bonchev–Trinajstić information content (AvgIpc) is 2.95. The van der Waals surface area contributed by atoms with Crippen LogP contribution in [0.5, 0.6) is 11.5 Å². The van der Waals surface area contributed by atoms with Gasteiger partial charge in [-0.05, 0) is 62.6 Å². The lowest BCUT2D eigenvalue weighted by Crippen LogP contribution is -2.50. The molecule has 4 heterocycles. The van der Waals surface area contributed by atoms with Crippen LogP contribution in [0.15, 0.2) is 53.3 Å². The first kappa shape index (κ1) is 26.4. The van der Waals surface area contributed by atoms with Gasteiger partial charge < -0.3 is 34.7 Å². The Morgan fingerprint density at radius 1 is 1.02 bits per heavy atom. The van der Waals surface area contributed by atoms with E-state index in [0.717, 1.165) is 77.6 Å². The molecule has 9 nitrogen and oxygen atoms in total. The minimum Gasteiger partial charge on any atom is -0.456 e. The number of morpholine rings is 1. The van der Waals surface area contributed by atoms with Crippen molar-refractivity contribution in [2.75, 3.05) is 49.6 Å². The van der Waals surface area contributed by atoms with E-state index in [1.165, 1.54) is 13.8 Å². The fourth-order valence-corrected chi connectivity index (χ4v) is 5.81. The van der Waals surface area contributed by atoms with Crippen LogP contribution in [0.3, 0.4) is 0 Å². The van der Waals surface area contributed by atoms with Gasteiger partial charge >= 0.3 is 0 Å². The molecule has 0 bridgehead atoms. The molecule has 3 aromatic rings. The minimum atomic E-state index is -1.34. The Labute approximate surface area is 233 Å². The number of nitrogens with one attached hydrogen (secondary N) is 2. The lowest BCUT2D eigenvalue weighted by atomic mass is 9.95. The number of piperidine rings is 1. The molecule has 1 aromatic heterocycles. The van der Waals surface area contributed by atoms with Gasteiger partial charge in [-0.2, -0.15) is 0 Å². The zero-order chi connectivity index (χ0) is 27.9. The van der Waals surface area contributed by atoms with E-state index in [1.807, 2.05) is 30.3 Å². The molecule has 0 radical (unpaired) electrons. The molecular weight excluding hydrogens is 508 g/mol. The molecule has 2 saturated heterocycles. The van der Waals surface area contributed by atoms with Gasteiger partial charge in [-0.25, -0.2) is 0 Å². The summed E-state index contributed by atoms with van der Waals surface area (Å²) in [7, 11) is 0. The first-order valence-electron chi connectivity index (χ1n) is 14.0. The van der Waals surface area contributed by atoms with E-state index in [1.54, 1.807) is 11.0 Å². The number of H-pyrrole nitrogens is 1. The van der Waals surface area contributed by atoms with Crippen molar-refractivity contribution < 1.29 is 19.4 Å². The minimum absolute atomic E-state index is 0.140. The number of aromatic amines is 1. The number of hydrogen-bond acceptors (Lipinski definition) is 7. The number of ether oxygens (including phenoxy) is 2. The largest absolute Gasteiger partial charge is 0.456 e. The van der Waals surface area contributed by atoms with Crippen LogP contribution < -0.4 is 20.5 Å². The highest BCUT2D eigenvalue weighted by molar-refractivity contribution is 5.84. The zero-order valence-corrected chi connectivity index (χ0v) is 23.0. The van der Waals surface area contributed by atoms with Crippen molar-refractivity contribution in [3.8, 4) is 22.8 Å². The molecule has 0 spiro atoms. The lowest BCUT2D eigenvalue weighted by molar-refractivity contribution is -0.148. The van der Waals surface area contributed by atoms with Gasteiger partial charge in [0.05, 0.1) is 18.9 Å². The van der Waals surface area contributed by atoms with E-state index in [0.29, 0.717) is 26.3 Å². The molecule has 3 aliphatic heterocycles. The first-order chi connectivity index (χ1) is 19.2. The maximum atomic E-state index is 12.6. The number of hydrogen-bond donors (Lipinski definition) is 3. The Balaban J connectivity index is 1.18. The van der Waals surface area contributed by atoms with Crippen molar-refractivity contribution in [2.45, 2.75) is 44.8 Å². The third kappa shape index (κ3) is 5.44. The maximum Gasteiger partial charge on any atom is 0.253 e. The van der Waals surface area contributed by atoms with Crippen LogP contribution in [0, 0.1) is 0 Å². The number of likely N-dealkylation sites (tertiary alicyclic amines) is 1. The number of benzene rings is 2. The molecule has 3 aliphatic rings. The molecule has 2 aromatic carbocycles. The van der Waals surface area contributed by atoms with Crippen LogP contribution in [-0.4, -0.2) is 71.9 Å². The van der Waals surface area contributed by atoms with Crippen LogP contribution in [0.25, 0.3) is 11.3 Å². The van der Waals surface area contributed by atoms with Gasteiger partial charge in [0.2, 0.25) is 5.56 Å². The van der Waals surface area contributed by atoms with Crippen LogP contribution in [0.2, 0.25) is 0 Å². The van der Waals surface area contributed by atoms with Crippen LogP contribution in [-0.2, 0) is 16.0 Å². The highest BCUT2D eigenvalue weighted by Crippen LogP contribution is 2.43. The van der Waals surface area contributed by atoms with Gasteiger partial charge in [-0.15, -0.1) is 0 Å². The van der Waals surface area contributed by atoms with Crippen molar-refractivity contribution in [3.63, 3.8) is 0 Å². The number of amides is 1. The highest BCUT2D eigenvalue weighted by atomic mass is 16.5. The van der Waals surface area contributed by atoms with E-state index < -0.39 is 5.60 Å². The Morgan fingerprint density at radius 2 is 1.80 bits per heavy atom. The fraction of sp³-hybridized carbons (Fsp3) is 0.419. The maximum absolute atomic E-state index is 12.6. The lowest BCUT2D eigenvalue weighted by Gasteiger charge is -2.35. The fourth-order valence-electron chi connectivity index (χ4n) is 5.81. The highest BCUT2D eigenvalue weighted by Gasteiger charge is 2.32. The van der Waals surface area contributed by atoms with Gasteiger partial charge in [0.25, 0.3) is 5.91 Å². The molecule has 0 saturated carbocycles. The SMILES string of the molecule is CC(C)(O)C(=O)N1CCC(Nc2ccc3c(c2)Cc2cccc(-c4cc(N5CCOCC5)cc(=O)[nH]4)c2O3)CC1. The number of anilines is 2. The number of carbonyl (C=O) groups excluding carboxylic acids is 1. The molecule has 0 atom stereocenters. The monoisotopic (exact) mass is 544 g/mol. The molecule has 0 aliphatic carbocycles. The number of rotatable bonds is 5. The summed E-state index contributed by atoms with van der Waals surface area (Å²) in [6, 6.07) is 16.2. The number of para-hydroxylation sites is 1. The zero-order valence-electron chi connectivity index (χ0n) is 23.0. The third-order valence-corrected chi connectivity index (χ3v) is 7.92. The molecule has 0 unspecified atom stereocenters. The molecule has 40 heavy (non-hydrogen) atoms. The predicted molar refractivity (Wildman–Crippen MR) is 154 cm³/mol. The predicted octanol–water partition coefficient (Wildman–Crippen LogP) is 3.75. The Bertz CT molecular complexity index is 1460. The van der Waals surface area contributed by atoms with Gasteiger partial charge in [-0.3, -0.25) is 9.59 Å². The van der Waals surface area contributed by atoms with Crippen molar-refractivity contribution in [3.05, 3.63) is 70.0 Å². The standard InChI is InChI=1S/C31H36N4O5/c1-31(2,38)30(37)35-10-8-22(9-11-35)32-23-6-7-27-21(17-23)16-20-4-3-5-25(29(20)40-27)26-18-24(19-28(36)33-26)34-12-14-39-15-13-34/h3-7,17-19,22,32,38H,8-16H2,1-2H3,(H,33,36). The number of nitrogens with zero attached hydrogens (tertiary/aromatic N) is 2. The Kier molecular flexibility index (Phi) is 7.02. The summed E-state index contributed by atoms with van der Waals surface area (Å²) < 4.78 is 11.9. The van der Waals surface area contributed by atoms with Crippen molar-refractivity contribution >= 4 is 17.3 Å². The van der Waals surface area contributed by atoms with Gasteiger partial charge in [0.1, 0.15) is 17.1 Å². The molecule has 9 heteroatoms. The summed E-state index contributed by atoms with van der Waals surface area (Å²) in [5, 5.41) is 13.7. The molecule has 1 amide bonds. The van der Waals surface area contributed by atoms with Crippen molar-refractivity contribution in [1.29, 1.82) is 0 Å². The van der Waals surface area contributed by atoms with E-state index in [4.69, 9.17) is 9.47 Å². The van der Waals surface area contributed by atoms with Crippen molar-refractivity contribution in [1.82, 2.24) is 9.88 Å². The van der Waals surface area contributed by atoms with E-state index in [-0.39, 0.29) is 17.5 Å². The number of aliphatic hydroxyl groups is 1. The van der Waals surface area contributed by atoms with Crippen LogP contribution >= 0.6 is 0 Å². The molecule has 2 fully saturated rings. The molecule has 6 rings (SSSR count). The van der Waals surface area contributed by atoms with Gasteiger partial charge in [-0.1, -0.05) is 12.1 Å². The third-order valence-electron chi connectivity index (χ3n) is 7.92. The Morgan fingerprint density at radius 3 is 2.55 bits per heavy atom. The summed E-state index contributed by atoms with van der Waals surface area (Å²) in [6.07, 6.45) is 2.37. The number of pyridine rings is 1. The first-order valence-corrected chi connectivity index (χ1v) is 14.0. The second-order valence-electron chi connectivity index (χ2n) is 11.4. The summed E-state index contributed by atoms with van der Waals surface area (Å²) in [5.74, 6) is 1.36.